The van der Waals surface area contributed by atoms with Crippen LogP contribution in [0.1, 0.15) is 16.4 Å². The first kappa shape index (κ1) is 18.9. The molecule has 1 atom stereocenters. The Morgan fingerprint density at radius 1 is 1.28 bits per heavy atom. The molecule has 0 bridgehead atoms. The van der Waals surface area contributed by atoms with Gasteiger partial charge in [-0.05, 0) is 41.7 Å². The van der Waals surface area contributed by atoms with Crippen molar-refractivity contribution in [2.24, 2.45) is 0 Å². The van der Waals surface area contributed by atoms with Crippen molar-refractivity contribution < 1.29 is 14.3 Å². The fourth-order valence-electron chi connectivity index (χ4n) is 2.29. The first-order chi connectivity index (χ1) is 12.2. The number of amides is 1. The molecule has 0 saturated heterocycles. The number of hydrogen-bond donors (Lipinski definition) is 1. The molecule has 0 aliphatic carbocycles. The third kappa shape index (κ3) is 5.53. The molecular weight excluding hydrogens is 336 g/mol. The number of nitrogens with zero attached hydrogens (tertiary/aromatic N) is 1. The number of benzene rings is 1. The molecule has 5 nitrogen and oxygen atoms in total. The van der Waals surface area contributed by atoms with E-state index in [0.29, 0.717) is 18.0 Å². The number of ether oxygens (including phenoxy) is 2. The highest BCUT2D eigenvalue weighted by Gasteiger charge is 2.14. The van der Waals surface area contributed by atoms with Crippen LogP contribution in [-0.2, 0) is 4.79 Å². The Balaban J connectivity index is 1.98. The Bertz CT molecular complexity index is 720. The molecule has 6 heteroatoms. The molecule has 0 aliphatic rings. The smallest absolute Gasteiger partial charge is 0.244 e. The monoisotopic (exact) mass is 358 g/mol. The van der Waals surface area contributed by atoms with E-state index in [4.69, 9.17) is 9.47 Å². The second-order valence-electron chi connectivity index (χ2n) is 5.20. The van der Waals surface area contributed by atoms with Gasteiger partial charge in [-0.15, -0.1) is 0 Å². The van der Waals surface area contributed by atoms with Crippen LogP contribution in [0.2, 0.25) is 0 Å². The minimum atomic E-state index is -0.136. The minimum absolute atomic E-state index is 0.121. The molecule has 2 rings (SSSR count). The highest BCUT2D eigenvalue weighted by atomic mass is 32.2. The van der Waals surface area contributed by atoms with Gasteiger partial charge in [0.2, 0.25) is 5.91 Å². The summed E-state index contributed by atoms with van der Waals surface area (Å²) in [5, 5.41) is 3.05. The topological polar surface area (TPSA) is 60.5 Å². The highest BCUT2D eigenvalue weighted by Crippen LogP contribution is 2.34. The number of hydrogen-bond acceptors (Lipinski definition) is 5. The van der Waals surface area contributed by atoms with Gasteiger partial charge in [-0.25, -0.2) is 0 Å². The van der Waals surface area contributed by atoms with Crippen molar-refractivity contribution in [1.82, 2.24) is 10.3 Å². The lowest BCUT2D eigenvalue weighted by Gasteiger charge is -2.17. The Morgan fingerprint density at radius 3 is 2.72 bits per heavy atom. The molecule has 2 aromatic rings. The van der Waals surface area contributed by atoms with E-state index < -0.39 is 0 Å². The molecule has 25 heavy (non-hydrogen) atoms. The first-order valence-corrected chi connectivity index (χ1v) is 9.07. The standard InChI is InChI=1S/C19H22N2O3S/c1-23-16-8-7-15(11-17(16)24-2)18(25-3)13-21-19(22)9-6-14-5-4-10-20-12-14/h4-12,18H,13H2,1-3H3,(H,21,22)/b9-6+. The van der Waals surface area contributed by atoms with Crippen LogP contribution in [0.5, 0.6) is 11.5 Å². The van der Waals surface area contributed by atoms with Crippen molar-refractivity contribution >= 4 is 23.7 Å². The lowest BCUT2D eigenvalue weighted by Crippen LogP contribution is -2.25. The zero-order chi connectivity index (χ0) is 18.1. The second-order valence-corrected chi connectivity index (χ2v) is 6.24. The number of thioether (sulfide) groups is 1. The van der Waals surface area contributed by atoms with Gasteiger partial charge in [-0.2, -0.15) is 11.8 Å². The third-order valence-corrected chi connectivity index (χ3v) is 4.65. The first-order valence-electron chi connectivity index (χ1n) is 7.78. The van der Waals surface area contributed by atoms with Gasteiger partial charge >= 0.3 is 0 Å². The average molecular weight is 358 g/mol. The van der Waals surface area contributed by atoms with Crippen molar-refractivity contribution in [3.8, 4) is 11.5 Å². The lowest BCUT2D eigenvalue weighted by molar-refractivity contribution is -0.116. The summed E-state index contributed by atoms with van der Waals surface area (Å²) in [5.74, 6) is 1.24. The zero-order valence-corrected chi connectivity index (χ0v) is 15.4. The fraction of sp³-hybridized carbons (Fsp3) is 0.263. The van der Waals surface area contributed by atoms with Gasteiger partial charge in [0.05, 0.1) is 14.2 Å². The Morgan fingerprint density at radius 2 is 2.08 bits per heavy atom. The van der Waals surface area contributed by atoms with E-state index in [2.05, 4.69) is 10.3 Å². The predicted molar refractivity (Wildman–Crippen MR) is 102 cm³/mol. The molecule has 1 heterocycles. The van der Waals surface area contributed by atoms with Crippen LogP contribution in [0.15, 0.2) is 48.8 Å². The van der Waals surface area contributed by atoms with E-state index in [1.54, 1.807) is 44.5 Å². The Hall–Kier alpha value is -2.47. The Kier molecular flexibility index (Phi) is 7.35. The number of nitrogens with one attached hydrogen (secondary N) is 1. The average Bonchev–Trinajstić information content (AvgIpc) is 2.67. The molecule has 1 unspecified atom stereocenters. The quantitative estimate of drug-likeness (QED) is 0.734. The molecule has 1 N–H and O–H groups in total. The number of carbonyl (C=O) groups is 1. The van der Waals surface area contributed by atoms with Crippen LogP contribution in [0, 0.1) is 0 Å². The molecule has 0 fully saturated rings. The van der Waals surface area contributed by atoms with Crippen LogP contribution >= 0.6 is 11.8 Å². The molecule has 1 aromatic heterocycles. The summed E-state index contributed by atoms with van der Waals surface area (Å²) in [7, 11) is 3.22. The van der Waals surface area contributed by atoms with E-state index in [1.165, 1.54) is 6.08 Å². The summed E-state index contributed by atoms with van der Waals surface area (Å²) in [5.41, 5.74) is 1.96. The van der Waals surface area contributed by atoms with E-state index in [1.807, 2.05) is 36.6 Å². The molecule has 0 radical (unpaired) electrons. The van der Waals surface area contributed by atoms with Crippen molar-refractivity contribution in [2.75, 3.05) is 27.0 Å². The van der Waals surface area contributed by atoms with E-state index in [-0.39, 0.29) is 11.2 Å². The van der Waals surface area contributed by atoms with Crippen LogP contribution < -0.4 is 14.8 Å². The van der Waals surface area contributed by atoms with Crippen molar-refractivity contribution in [1.29, 1.82) is 0 Å². The summed E-state index contributed by atoms with van der Waals surface area (Å²) in [6, 6.07) is 9.53. The molecule has 0 saturated carbocycles. The normalized spacial score (nSPS) is 12.0. The van der Waals surface area contributed by atoms with Crippen molar-refractivity contribution in [3.63, 3.8) is 0 Å². The largest absolute Gasteiger partial charge is 0.493 e. The summed E-state index contributed by atoms with van der Waals surface area (Å²) in [6.45, 7) is 0.521. The zero-order valence-electron chi connectivity index (χ0n) is 14.6. The lowest BCUT2D eigenvalue weighted by atomic mass is 10.1. The molecule has 0 aliphatic heterocycles. The maximum Gasteiger partial charge on any atom is 0.244 e. The van der Waals surface area contributed by atoms with Gasteiger partial charge in [-0.3, -0.25) is 9.78 Å². The summed E-state index contributed by atoms with van der Waals surface area (Å²) in [4.78, 5) is 16.0. The van der Waals surface area contributed by atoms with Gasteiger partial charge in [0.15, 0.2) is 11.5 Å². The molecular formula is C19H22N2O3S. The number of pyridine rings is 1. The van der Waals surface area contributed by atoms with Crippen molar-refractivity contribution in [3.05, 3.63) is 59.9 Å². The van der Waals surface area contributed by atoms with Crippen LogP contribution in [-0.4, -0.2) is 37.9 Å². The van der Waals surface area contributed by atoms with Gasteiger partial charge < -0.3 is 14.8 Å². The molecule has 1 aromatic carbocycles. The van der Waals surface area contributed by atoms with Gasteiger partial charge in [0.1, 0.15) is 0 Å². The summed E-state index contributed by atoms with van der Waals surface area (Å²) < 4.78 is 10.6. The number of methoxy groups -OCH3 is 2. The molecule has 1 amide bonds. The third-order valence-electron chi connectivity index (χ3n) is 3.64. The van der Waals surface area contributed by atoms with E-state index in [0.717, 1.165) is 11.1 Å². The van der Waals surface area contributed by atoms with Gasteiger partial charge in [0, 0.05) is 30.3 Å². The number of aromatic nitrogens is 1. The molecule has 132 valence electrons. The molecule has 0 spiro atoms. The van der Waals surface area contributed by atoms with Crippen LogP contribution in [0.25, 0.3) is 6.08 Å². The van der Waals surface area contributed by atoms with Crippen LogP contribution in [0.3, 0.4) is 0 Å². The fourth-order valence-corrected chi connectivity index (χ4v) is 2.96. The highest BCUT2D eigenvalue weighted by molar-refractivity contribution is 7.98. The van der Waals surface area contributed by atoms with Gasteiger partial charge in [0.25, 0.3) is 0 Å². The minimum Gasteiger partial charge on any atom is -0.493 e. The van der Waals surface area contributed by atoms with Crippen LogP contribution in [0.4, 0.5) is 0 Å². The maximum absolute atomic E-state index is 12.0. The Labute approximate surface area is 152 Å². The van der Waals surface area contributed by atoms with E-state index >= 15 is 0 Å². The number of rotatable bonds is 8. The SMILES string of the molecule is COc1ccc(C(CNC(=O)/C=C/c2cccnc2)SC)cc1OC. The van der Waals surface area contributed by atoms with Crippen molar-refractivity contribution in [2.45, 2.75) is 5.25 Å². The maximum atomic E-state index is 12.0. The number of carbonyl (C=O) groups excluding carboxylic acids is 1. The second kappa shape index (κ2) is 9.74. The summed E-state index contributed by atoms with van der Waals surface area (Å²) >= 11 is 1.67. The summed E-state index contributed by atoms with van der Waals surface area (Å²) in [6.07, 6.45) is 8.68. The predicted octanol–water partition coefficient (Wildman–Crippen LogP) is 3.33. The van der Waals surface area contributed by atoms with E-state index in [9.17, 15) is 4.79 Å². The van der Waals surface area contributed by atoms with Gasteiger partial charge in [-0.1, -0.05) is 12.1 Å².